The van der Waals surface area contributed by atoms with E-state index in [1.807, 2.05) is 12.1 Å². The third kappa shape index (κ3) is 3.22. The Morgan fingerprint density at radius 1 is 1.15 bits per heavy atom. The fourth-order valence-corrected chi connectivity index (χ4v) is 2.96. The van der Waals surface area contributed by atoms with Crippen molar-refractivity contribution in [2.45, 2.75) is 31.6 Å². The molecule has 106 valence electrons. The van der Waals surface area contributed by atoms with E-state index in [4.69, 9.17) is 0 Å². The van der Waals surface area contributed by atoms with Gasteiger partial charge in [-0.2, -0.15) is 13.2 Å². The van der Waals surface area contributed by atoms with Gasteiger partial charge in [-0.05, 0) is 42.7 Å². The number of thiophene rings is 1. The molecule has 2 aromatic rings. The van der Waals surface area contributed by atoms with E-state index in [0.717, 1.165) is 22.4 Å². The van der Waals surface area contributed by atoms with Crippen molar-refractivity contribution in [1.82, 2.24) is 5.32 Å². The third-order valence-corrected chi connectivity index (χ3v) is 4.41. The number of halogens is 3. The summed E-state index contributed by atoms with van der Waals surface area (Å²) in [6.07, 6.45) is -1.83. The Labute approximate surface area is 119 Å². The number of hydrogen-bond donors (Lipinski definition) is 1. The van der Waals surface area contributed by atoms with Gasteiger partial charge >= 0.3 is 6.18 Å². The summed E-state index contributed by atoms with van der Waals surface area (Å²) in [6.45, 7) is 0.800. The van der Waals surface area contributed by atoms with Crippen LogP contribution in [0, 0.1) is 0 Å². The summed E-state index contributed by atoms with van der Waals surface area (Å²) in [5, 5.41) is 3.40. The molecule has 0 aliphatic heterocycles. The van der Waals surface area contributed by atoms with Gasteiger partial charge in [0, 0.05) is 22.3 Å². The SMILES string of the molecule is FC(F)(F)c1cccc(-c2ccc(CNC3CC3)s2)c1. The van der Waals surface area contributed by atoms with Crippen LogP contribution in [0.5, 0.6) is 0 Å². The summed E-state index contributed by atoms with van der Waals surface area (Å²) in [5.41, 5.74) is 0.0311. The third-order valence-electron chi connectivity index (χ3n) is 3.28. The smallest absolute Gasteiger partial charge is 0.309 e. The van der Waals surface area contributed by atoms with Crippen LogP contribution in [0.3, 0.4) is 0 Å². The highest BCUT2D eigenvalue weighted by molar-refractivity contribution is 7.15. The van der Waals surface area contributed by atoms with Crippen LogP contribution in [-0.4, -0.2) is 6.04 Å². The quantitative estimate of drug-likeness (QED) is 0.863. The Balaban J connectivity index is 1.78. The van der Waals surface area contributed by atoms with Gasteiger partial charge in [-0.15, -0.1) is 11.3 Å². The van der Waals surface area contributed by atoms with E-state index in [1.54, 1.807) is 17.4 Å². The molecule has 1 N–H and O–H groups in total. The molecule has 1 fully saturated rings. The van der Waals surface area contributed by atoms with Gasteiger partial charge in [0.05, 0.1) is 5.56 Å². The van der Waals surface area contributed by atoms with Gasteiger partial charge in [-0.3, -0.25) is 0 Å². The van der Waals surface area contributed by atoms with Gasteiger partial charge in [0.2, 0.25) is 0 Å². The molecule has 1 aromatic carbocycles. The highest BCUT2D eigenvalue weighted by atomic mass is 32.1. The summed E-state index contributed by atoms with van der Waals surface area (Å²) in [4.78, 5) is 2.04. The minimum Gasteiger partial charge on any atom is -0.309 e. The fourth-order valence-electron chi connectivity index (χ4n) is 2.01. The van der Waals surface area contributed by atoms with Gasteiger partial charge in [-0.1, -0.05) is 12.1 Å². The number of nitrogens with one attached hydrogen (secondary N) is 1. The Bertz CT molecular complexity index is 599. The number of benzene rings is 1. The molecule has 1 aromatic heterocycles. The summed E-state index contributed by atoms with van der Waals surface area (Å²) >= 11 is 1.55. The Kier molecular flexibility index (Phi) is 3.56. The lowest BCUT2D eigenvalue weighted by Crippen LogP contribution is -2.14. The Morgan fingerprint density at radius 3 is 2.65 bits per heavy atom. The zero-order valence-electron chi connectivity index (χ0n) is 10.7. The first-order chi connectivity index (χ1) is 9.52. The van der Waals surface area contributed by atoms with Gasteiger partial charge in [0.15, 0.2) is 0 Å². The Hall–Kier alpha value is -1.33. The lowest BCUT2D eigenvalue weighted by Gasteiger charge is -2.07. The molecule has 1 aliphatic rings. The van der Waals surface area contributed by atoms with E-state index in [-0.39, 0.29) is 0 Å². The topological polar surface area (TPSA) is 12.0 Å². The second-order valence-corrected chi connectivity index (χ2v) is 6.17. The maximum atomic E-state index is 12.7. The van der Waals surface area contributed by atoms with Crippen LogP contribution >= 0.6 is 11.3 Å². The predicted octanol–water partition coefficient (Wildman–Crippen LogP) is 4.69. The normalized spacial score (nSPS) is 15.6. The molecule has 3 rings (SSSR count). The highest BCUT2D eigenvalue weighted by Gasteiger charge is 2.30. The van der Waals surface area contributed by atoms with E-state index < -0.39 is 11.7 Å². The van der Waals surface area contributed by atoms with Crippen LogP contribution in [0.15, 0.2) is 36.4 Å². The minimum atomic E-state index is -4.29. The van der Waals surface area contributed by atoms with Gasteiger partial charge in [0.1, 0.15) is 0 Å². The minimum absolute atomic E-state index is 0.596. The highest BCUT2D eigenvalue weighted by Crippen LogP contribution is 2.34. The van der Waals surface area contributed by atoms with Gasteiger partial charge < -0.3 is 5.32 Å². The van der Waals surface area contributed by atoms with Crippen molar-refractivity contribution < 1.29 is 13.2 Å². The van der Waals surface area contributed by atoms with E-state index in [2.05, 4.69) is 5.32 Å². The summed E-state index contributed by atoms with van der Waals surface area (Å²) in [7, 11) is 0. The standard InChI is InChI=1S/C15H14F3NS/c16-15(17,18)11-3-1-2-10(8-11)14-7-6-13(20-14)9-19-12-4-5-12/h1-3,6-8,12,19H,4-5,9H2. The average Bonchev–Trinajstić information content (AvgIpc) is 3.12. The van der Waals surface area contributed by atoms with Crippen molar-refractivity contribution in [2.75, 3.05) is 0 Å². The van der Waals surface area contributed by atoms with Crippen molar-refractivity contribution in [3.8, 4) is 10.4 Å². The molecule has 0 unspecified atom stereocenters. The molecule has 0 saturated heterocycles. The zero-order chi connectivity index (χ0) is 14.2. The predicted molar refractivity (Wildman–Crippen MR) is 74.6 cm³/mol. The largest absolute Gasteiger partial charge is 0.416 e. The first kappa shape index (κ1) is 13.6. The van der Waals surface area contributed by atoms with Crippen LogP contribution in [-0.2, 0) is 12.7 Å². The van der Waals surface area contributed by atoms with Crippen molar-refractivity contribution >= 4 is 11.3 Å². The molecule has 0 spiro atoms. The molecular weight excluding hydrogens is 283 g/mol. The summed E-state index contributed by atoms with van der Waals surface area (Å²) < 4.78 is 38.1. The van der Waals surface area contributed by atoms with Gasteiger partial charge in [0.25, 0.3) is 0 Å². The van der Waals surface area contributed by atoms with Crippen molar-refractivity contribution in [3.05, 3.63) is 46.8 Å². The monoisotopic (exact) mass is 297 g/mol. The molecule has 0 radical (unpaired) electrons. The molecule has 5 heteroatoms. The molecule has 1 saturated carbocycles. The van der Waals surface area contributed by atoms with Crippen LogP contribution in [0.25, 0.3) is 10.4 Å². The van der Waals surface area contributed by atoms with Crippen LogP contribution in [0.2, 0.25) is 0 Å². The summed E-state index contributed by atoms with van der Waals surface area (Å²) in [6, 6.07) is 10.0. The van der Waals surface area contributed by atoms with E-state index in [9.17, 15) is 13.2 Å². The molecule has 20 heavy (non-hydrogen) atoms. The molecule has 0 bridgehead atoms. The number of rotatable bonds is 4. The Morgan fingerprint density at radius 2 is 1.95 bits per heavy atom. The zero-order valence-corrected chi connectivity index (χ0v) is 11.5. The number of hydrogen-bond acceptors (Lipinski definition) is 2. The maximum absolute atomic E-state index is 12.7. The molecule has 1 nitrogen and oxygen atoms in total. The van der Waals surface area contributed by atoms with Crippen molar-refractivity contribution in [2.24, 2.45) is 0 Å². The maximum Gasteiger partial charge on any atom is 0.416 e. The van der Waals surface area contributed by atoms with E-state index >= 15 is 0 Å². The first-order valence-electron chi connectivity index (χ1n) is 6.52. The molecule has 1 heterocycles. The second kappa shape index (κ2) is 5.22. The van der Waals surface area contributed by atoms with Crippen molar-refractivity contribution in [1.29, 1.82) is 0 Å². The fraction of sp³-hybridized carbons (Fsp3) is 0.333. The lowest BCUT2D eigenvalue weighted by molar-refractivity contribution is -0.137. The van der Waals surface area contributed by atoms with E-state index in [0.29, 0.717) is 11.6 Å². The van der Waals surface area contributed by atoms with Gasteiger partial charge in [-0.25, -0.2) is 0 Å². The van der Waals surface area contributed by atoms with Crippen LogP contribution in [0.1, 0.15) is 23.3 Å². The number of alkyl halides is 3. The van der Waals surface area contributed by atoms with Crippen LogP contribution < -0.4 is 5.32 Å². The first-order valence-corrected chi connectivity index (χ1v) is 7.34. The lowest BCUT2D eigenvalue weighted by atomic mass is 10.1. The average molecular weight is 297 g/mol. The molecular formula is C15H14F3NS. The summed E-state index contributed by atoms with van der Waals surface area (Å²) in [5.74, 6) is 0. The molecule has 0 atom stereocenters. The van der Waals surface area contributed by atoms with Crippen LogP contribution in [0.4, 0.5) is 13.2 Å². The van der Waals surface area contributed by atoms with Crippen molar-refractivity contribution in [3.63, 3.8) is 0 Å². The van der Waals surface area contributed by atoms with E-state index in [1.165, 1.54) is 25.0 Å². The second-order valence-electron chi connectivity index (χ2n) is 5.00. The molecule has 0 amide bonds. The molecule has 1 aliphatic carbocycles.